The third-order valence-electron chi connectivity index (χ3n) is 7.95. The predicted octanol–water partition coefficient (Wildman–Crippen LogP) is 2.63. The average molecular weight is 550 g/mol. The number of ether oxygens (including phenoxy) is 1. The molecule has 3 aromatic rings. The number of pyridine rings is 1. The highest BCUT2D eigenvalue weighted by molar-refractivity contribution is 7.89. The van der Waals surface area contributed by atoms with Gasteiger partial charge in [0.2, 0.25) is 10.0 Å². The van der Waals surface area contributed by atoms with Crippen LogP contribution >= 0.6 is 0 Å². The van der Waals surface area contributed by atoms with E-state index in [1.54, 1.807) is 18.6 Å². The van der Waals surface area contributed by atoms with Crippen LogP contribution in [-0.2, 0) is 29.4 Å². The van der Waals surface area contributed by atoms with Gasteiger partial charge in [0.1, 0.15) is 35.2 Å². The van der Waals surface area contributed by atoms with Gasteiger partial charge < -0.3 is 20.7 Å². The Morgan fingerprint density at radius 2 is 1.87 bits per heavy atom. The second kappa shape index (κ2) is 10.0. The summed E-state index contributed by atoms with van der Waals surface area (Å²) in [6, 6.07) is 7.59. The van der Waals surface area contributed by atoms with E-state index in [0.717, 1.165) is 47.7 Å². The molecule has 0 unspecified atom stereocenters. The molecule has 0 bridgehead atoms. The smallest absolute Gasteiger partial charge is 0.246 e. The molecule has 0 atom stereocenters. The van der Waals surface area contributed by atoms with Crippen LogP contribution in [0.25, 0.3) is 11.1 Å². The second-order valence-electron chi connectivity index (χ2n) is 11.3. The minimum atomic E-state index is -3.75. The first-order valence-corrected chi connectivity index (χ1v) is 15.0. The molecule has 0 amide bonds. The molecule has 1 aliphatic carbocycles. The minimum Gasteiger partial charge on any atom is -0.491 e. The Hall–Kier alpha value is -3.28. The fourth-order valence-electron chi connectivity index (χ4n) is 5.73. The molecule has 2 aromatic heterocycles. The molecule has 1 saturated heterocycles. The van der Waals surface area contributed by atoms with Crippen molar-refractivity contribution in [1.29, 1.82) is 0 Å². The number of hydrogen-bond donors (Lipinski definition) is 2. The first-order valence-electron chi connectivity index (χ1n) is 13.5. The molecule has 1 aromatic carbocycles. The van der Waals surface area contributed by atoms with Gasteiger partial charge in [-0.1, -0.05) is 19.9 Å². The van der Waals surface area contributed by atoms with Crippen LogP contribution in [-0.4, -0.2) is 67.0 Å². The van der Waals surface area contributed by atoms with Gasteiger partial charge in [0.15, 0.2) is 0 Å². The highest BCUT2D eigenvalue weighted by Gasteiger charge is 2.31. The molecule has 2 aliphatic heterocycles. The van der Waals surface area contributed by atoms with Gasteiger partial charge in [0.05, 0.1) is 6.54 Å². The van der Waals surface area contributed by atoms with Crippen molar-refractivity contribution in [3.63, 3.8) is 0 Å². The quantitative estimate of drug-likeness (QED) is 0.505. The maximum Gasteiger partial charge on any atom is 0.246 e. The topological polar surface area (TPSA) is 127 Å². The summed E-state index contributed by atoms with van der Waals surface area (Å²) in [5, 5.41) is 3.18. The van der Waals surface area contributed by atoms with E-state index in [1.807, 2.05) is 12.1 Å². The van der Waals surface area contributed by atoms with Gasteiger partial charge in [-0.2, -0.15) is 4.31 Å². The van der Waals surface area contributed by atoms with Crippen molar-refractivity contribution in [3.05, 3.63) is 53.6 Å². The standard InChI is InChI=1S/C28H35N7O3S/c1-28(2)6-5-23-22(15-28)27(33-18-32-23)34-11-12-38-24-4-3-19(13-21(24)17-34)20-14-25(26(29)31-16-20)39(36,37)35-9-7-30-8-10-35/h3-4,13-14,16,18,30H,5-12,15,17H2,1-2H3,(H2,29,31). The number of rotatable bonds is 4. The first-order chi connectivity index (χ1) is 18.7. The van der Waals surface area contributed by atoms with E-state index in [1.165, 1.54) is 9.87 Å². The summed E-state index contributed by atoms with van der Waals surface area (Å²) in [5.41, 5.74) is 11.2. The van der Waals surface area contributed by atoms with E-state index >= 15 is 0 Å². The summed E-state index contributed by atoms with van der Waals surface area (Å²) in [4.78, 5) is 15.9. The lowest BCUT2D eigenvalue weighted by molar-refractivity contribution is 0.310. The SMILES string of the molecule is CC1(C)CCc2ncnc(N3CCOc4ccc(-c5cnc(N)c(S(=O)(=O)N6CCNCC6)c5)cc4C3)c2C1. The second-order valence-corrected chi connectivity index (χ2v) is 13.2. The highest BCUT2D eigenvalue weighted by atomic mass is 32.2. The van der Waals surface area contributed by atoms with Crippen LogP contribution in [0.15, 0.2) is 41.7 Å². The van der Waals surface area contributed by atoms with Gasteiger partial charge in [-0.25, -0.2) is 23.4 Å². The lowest BCUT2D eigenvalue weighted by atomic mass is 9.76. The van der Waals surface area contributed by atoms with E-state index in [0.29, 0.717) is 51.4 Å². The number of hydrogen-bond acceptors (Lipinski definition) is 9. The maximum atomic E-state index is 13.4. The first kappa shape index (κ1) is 26.0. The lowest BCUT2D eigenvalue weighted by Crippen LogP contribution is -2.46. The van der Waals surface area contributed by atoms with Crippen molar-refractivity contribution in [2.24, 2.45) is 5.41 Å². The van der Waals surface area contributed by atoms with Gasteiger partial charge >= 0.3 is 0 Å². The molecule has 3 N–H and O–H groups in total. The minimum absolute atomic E-state index is 0.0120. The number of sulfonamides is 1. The Morgan fingerprint density at radius 3 is 2.69 bits per heavy atom. The van der Waals surface area contributed by atoms with Gasteiger partial charge in [0, 0.05) is 61.3 Å². The molecule has 206 valence electrons. The van der Waals surface area contributed by atoms with Crippen molar-refractivity contribution in [2.75, 3.05) is 50.0 Å². The zero-order valence-corrected chi connectivity index (χ0v) is 23.3. The maximum absolute atomic E-state index is 13.4. The third kappa shape index (κ3) is 5.06. The van der Waals surface area contributed by atoms with Crippen LogP contribution in [0.3, 0.4) is 0 Å². The fraction of sp³-hybridized carbons (Fsp3) is 0.464. The Kier molecular flexibility index (Phi) is 6.68. The van der Waals surface area contributed by atoms with Gasteiger partial charge in [-0.3, -0.25) is 0 Å². The summed E-state index contributed by atoms with van der Waals surface area (Å²) in [5.74, 6) is 1.81. The summed E-state index contributed by atoms with van der Waals surface area (Å²) >= 11 is 0. The van der Waals surface area contributed by atoms with Crippen LogP contribution < -0.4 is 20.7 Å². The number of anilines is 2. The number of aryl methyl sites for hydroxylation is 1. The van der Waals surface area contributed by atoms with E-state index < -0.39 is 10.0 Å². The fourth-order valence-corrected chi connectivity index (χ4v) is 7.26. The number of fused-ring (bicyclic) bond motifs is 2. The number of nitrogens with zero attached hydrogens (tertiary/aromatic N) is 5. The Balaban J connectivity index is 1.33. The normalized spacial score (nSPS) is 19.5. The van der Waals surface area contributed by atoms with Crippen molar-refractivity contribution in [3.8, 4) is 16.9 Å². The molecule has 0 spiro atoms. The van der Waals surface area contributed by atoms with Crippen molar-refractivity contribution in [1.82, 2.24) is 24.6 Å². The van der Waals surface area contributed by atoms with Crippen LogP contribution in [0.5, 0.6) is 5.75 Å². The monoisotopic (exact) mass is 549 g/mol. The molecule has 11 heteroatoms. The molecule has 6 rings (SSSR count). The zero-order chi connectivity index (χ0) is 27.2. The number of piperazine rings is 1. The zero-order valence-electron chi connectivity index (χ0n) is 22.5. The molecule has 0 saturated carbocycles. The number of aromatic nitrogens is 3. The molecule has 3 aliphatic rings. The van der Waals surface area contributed by atoms with E-state index in [9.17, 15) is 8.42 Å². The average Bonchev–Trinajstić information content (AvgIpc) is 3.15. The largest absolute Gasteiger partial charge is 0.491 e. The number of nitrogens with one attached hydrogen (secondary N) is 1. The van der Waals surface area contributed by atoms with Crippen molar-refractivity contribution >= 4 is 21.7 Å². The summed E-state index contributed by atoms with van der Waals surface area (Å²) in [6.07, 6.45) is 6.34. The summed E-state index contributed by atoms with van der Waals surface area (Å²) in [6.45, 7) is 8.52. The van der Waals surface area contributed by atoms with Crippen LogP contribution in [0, 0.1) is 5.41 Å². The van der Waals surface area contributed by atoms with E-state index in [4.69, 9.17) is 15.5 Å². The number of benzene rings is 1. The van der Waals surface area contributed by atoms with Crippen LogP contribution in [0.4, 0.5) is 11.6 Å². The summed E-state index contributed by atoms with van der Waals surface area (Å²) < 4.78 is 34.3. The molecule has 0 radical (unpaired) electrons. The Labute approximate surface area is 229 Å². The molecule has 10 nitrogen and oxygen atoms in total. The Bertz CT molecular complexity index is 1500. The van der Waals surface area contributed by atoms with Gasteiger partial charge in [-0.05, 0) is 48.4 Å². The van der Waals surface area contributed by atoms with Crippen LogP contribution in [0.2, 0.25) is 0 Å². The Morgan fingerprint density at radius 1 is 1.05 bits per heavy atom. The van der Waals surface area contributed by atoms with Crippen molar-refractivity contribution in [2.45, 2.75) is 44.6 Å². The number of nitrogens with two attached hydrogens (primary N) is 1. The van der Waals surface area contributed by atoms with E-state index in [2.05, 4.69) is 40.1 Å². The lowest BCUT2D eigenvalue weighted by Gasteiger charge is -2.33. The van der Waals surface area contributed by atoms with E-state index in [-0.39, 0.29) is 16.1 Å². The molecular formula is C28H35N7O3S. The van der Waals surface area contributed by atoms with Crippen molar-refractivity contribution < 1.29 is 13.2 Å². The van der Waals surface area contributed by atoms with Crippen LogP contribution in [0.1, 0.15) is 37.1 Å². The predicted molar refractivity (Wildman–Crippen MR) is 150 cm³/mol. The molecule has 39 heavy (non-hydrogen) atoms. The number of nitrogen functional groups attached to an aromatic ring is 1. The highest BCUT2D eigenvalue weighted by Crippen LogP contribution is 2.39. The molecule has 4 heterocycles. The third-order valence-corrected chi connectivity index (χ3v) is 9.88. The molecular weight excluding hydrogens is 514 g/mol. The summed E-state index contributed by atoms with van der Waals surface area (Å²) in [7, 11) is -3.75. The van der Waals surface area contributed by atoms with Gasteiger partial charge in [-0.15, -0.1) is 0 Å². The van der Waals surface area contributed by atoms with Gasteiger partial charge in [0.25, 0.3) is 0 Å². The molecule has 1 fully saturated rings.